The van der Waals surface area contributed by atoms with Crippen molar-refractivity contribution in [3.05, 3.63) is 54.1 Å². The summed E-state index contributed by atoms with van der Waals surface area (Å²) in [6.07, 6.45) is 1.11. The summed E-state index contributed by atoms with van der Waals surface area (Å²) >= 11 is 0. The first-order valence-electron chi connectivity index (χ1n) is 7.39. The van der Waals surface area contributed by atoms with E-state index in [0.29, 0.717) is 23.5 Å². The van der Waals surface area contributed by atoms with E-state index >= 15 is 0 Å². The summed E-state index contributed by atoms with van der Waals surface area (Å²) in [5.74, 6) is 0.412. The average molecular weight is 348 g/mol. The maximum atomic E-state index is 12.3. The Kier molecular flexibility index (Phi) is 5.46. The minimum Gasteiger partial charge on any atom is -0.494 e. The van der Waals surface area contributed by atoms with E-state index in [9.17, 15) is 13.2 Å². The van der Waals surface area contributed by atoms with E-state index in [2.05, 4.69) is 5.32 Å². The fraction of sp³-hybridized carbons (Fsp3) is 0.235. The zero-order valence-electron chi connectivity index (χ0n) is 13.8. The molecule has 2 rings (SSSR count). The quantitative estimate of drug-likeness (QED) is 0.871. The standard InChI is InChI=1S/C17H20N2O4S/c1-4-23-16-10-8-14(9-11-16)18-17(20)13-6-5-7-15(12-13)19(2)24(3,21)22/h5-12H,4H2,1-3H3,(H,18,20). The summed E-state index contributed by atoms with van der Waals surface area (Å²) in [5, 5.41) is 2.77. The van der Waals surface area contributed by atoms with Crippen molar-refractivity contribution in [1.82, 2.24) is 0 Å². The van der Waals surface area contributed by atoms with Gasteiger partial charge in [-0.1, -0.05) is 6.07 Å². The molecule has 0 heterocycles. The molecule has 0 radical (unpaired) electrons. The summed E-state index contributed by atoms with van der Waals surface area (Å²) in [5.41, 5.74) is 1.43. The lowest BCUT2D eigenvalue weighted by molar-refractivity contribution is 0.102. The molecule has 0 aliphatic carbocycles. The van der Waals surface area contributed by atoms with Crippen LogP contribution in [-0.2, 0) is 10.0 Å². The highest BCUT2D eigenvalue weighted by molar-refractivity contribution is 7.92. The van der Waals surface area contributed by atoms with Crippen molar-refractivity contribution < 1.29 is 17.9 Å². The molecule has 0 saturated heterocycles. The third kappa shape index (κ3) is 4.48. The van der Waals surface area contributed by atoms with Crippen LogP contribution in [0.1, 0.15) is 17.3 Å². The lowest BCUT2D eigenvalue weighted by atomic mass is 10.2. The predicted molar refractivity (Wildman–Crippen MR) is 95.3 cm³/mol. The first-order valence-corrected chi connectivity index (χ1v) is 9.24. The van der Waals surface area contributed by atoms with E-state index in [1.807, 2.05) is 6.92 Å². The molecule has 0 unspecified atom stereocenters. The van der Waals surface area contributed by atoms with Crippen LogP contribution < -0.4 is 14.4 Å². The topological polar surface area (TPSA) is 75.7 Å². The van der Waals surface area contributed by atoms with Crippen LogP contribution in [0.5, 0.6) is 5.75 Å². The number of anilines is 2. The normalized spacial score (nSPS) is 11.0. The lowest BCUT2D eigenvalue weighted by Crippen LogP contribution is -2.25. The summed E-state index contributed by atoms with van der Waals surface area (Å²) in [6.45, 7) is 2.47. The molecule has 0 aliphatic heterocycles. The Morgan fingerprint density at radius 3 is 2.42 bits per heavy atom. The predicted octanol–water partition coefficient (Wildman–Crippen LogP) is 2.73. The largest absolute Gasteiger partial charge is 0.494 e. The Hall–Kier alpha value is -2.54. The highest BCUT2D eigenvalue weighted by atomic mass is 32.2. The molecule has 2 aromatic carbocycles. The lowest BCUT2D eigenvalue weighted by Gasteiger charge is -2.17. The van der Waals surface area contributed by atoms with Gasteiger partial charge in [0.25, 0.3) is 5.91 Å². The molecule has 0 bridgehead atoms. The number of hydrogen-bond donors (Lipinski definition) is 1. The smallest absolute Gasteiger partial charge is 0.255 e. The Bertz CT molecular complexity index is 817. The number of rotatable bonds is 6. The molecule has 2 aromatic rings. The van der Waals surface area contributed by atoms with Crippen LogP contribution in [0.15, 0.2) is 48.5 Å². The molecule has 1 N–H and O–H groups in total. The maximum Gasteiger partial charge on any atom is 0.255 e. The van der Waals surface area contributed by atoms with Gasteiger partial charge in [0.2, 0.25) is 10.0 Å². The van der Waals surface area contributed by atoms with Crippen LogP contribution in [0.25, 0.3) is 0 Å². The fourth-order valence-corrected chi connectivity index (χ4v) is 2.54. The van der Waals surface area contributed by atoms with E-state index < -0.39 is 10.0 Å². The van der Waals surface area contributed by atoms with Gasteiger partial charge in [-0.25, -0.2) is 8.42 Å². The van der Waals surface area contributed by atoms with Crippen LogP contribution in [0, 0.1) is 0 Å². The van der Waals surface area contributed by atoms with Crippen molar-refractivity contribution in [2.45, 2.75) is 6.92 Å². The Morgan fingerprint density at radius 1 is 1.17 bits per heavy atom. The number of nitrogens with zero attached hydrogens (tertiary/aromatic N) is 1. The number of nitrogens with one attached hydrogen (secondary N) is 1. The summed E-state index contributed by atoms with van der Waals surface area (Å²) < 4.78 is 29.7. The SMILES string of the molecule is CCOc1ccc(NC(=O)c2cccc(N(C)S(C)(=O)=O)c2)cc1. The van der Waals surface area contributed by atoms with Crippen LogP contribution in [-0.4, -0.2) is 34.2 Å². The van der Waals surface area contributed by atoms with Crippen molar-refractivity contribution in [3.63, 3.8) is 0 Å². The summed E-state index contributed by atoms with van der Waals surface area (Å²) in [4.78, 5) is 12.3. The molecule has 6 nitrogen and oxygen atoms in total. The van der Waals surface area contributed by atoms with Crippen molar-refractivity contribution >= 4 is 27.3 Å². The molecule has 7 heteroatoms. The van der Waals surface area contributed by atoms with Gasteiger partial charge in [-0.3, -0.25) is 9.10 Å². The van der Waals surface area contributed by atoms with Gasteiger partial charge < -0.3 is 10.1 Å². The number of hydrogen-bond acceptors (Lipinski definition) is 4. The molecule has 1 amide bonds. The van der Waals surface area contributed by atoms with Gasteiger partial charge in [-0.05, 0) is 49.4 Å². The van der Waals surface area contributed by atoms with E-state index in [1.54, 1.807) is 42.5 Å². The van der Waals surface area contributed by atoms with Gasteiger partial charge in [0, 0.05) is 18.3 Å². The van der Waals surface area contributed by atoms with Crippen LogP contribution in [0.2, 0.25) is 0 Å². The van der Waals surface area contributed by atoms with Crippen LogP contribution >= 0.6 is 0 Å². The minimum absolute atomic E-state index is 0.317. The molecule has 0 spiro atoms. The number of carbonyl (C=O) groups is 1. The molecule has 0 aliphatic rings. The molecule has 0 atom stereocenters. The summed E-state index contributed by atoms with van der Waals surface area (Å²) in [6, 6.07) is 13.5. The highest BCUT2D eigenvalue weighted by Gasteiger charge is 2.14. The third-order valence-corrected chi connectivity index (χ3v) is 4.60. The highest BCUT2D eigenvalue weighted by Crippen LogP contribution is 2.19. The van der Waals surface area contributed by atoms with Crippen LogP contribution in [0.4, 0.5) is 11.4 Å². The number of amides is 1. The summed E-state index contributed by atoms with van der Waals surface area (Å²) in [7, 11) is -1.94. The molecular weight excluding hydrogens is 328 g/mol. The fourth-order valence-electron chi connectivity index (χ4n) is 2.04. The Balaban J connectivity index is 2.15. The zero-order valence-corrected chi connectivity index (χ0v) is 14.6. The van der Waals surface area contributed by atoms with Gasteiger partial charge in [-0.15, -0.1) is 0 Å². The van der Waals surface area contributed by atoms with Crippen molar-refractivity contribution in [2.24, 2.45) is 0 Å². The van der Waals surface area contributed by atoms with Crippen LogP contribution in [0.3, 0.4) is 0 Å². The number of benzene rings is 2. The van der Waals surface area contributed by atoms with E-state index in [1.165, 1.54) is 13.1 Å². The molecule has 0 fully saturated rings. The second-order valence-corrected chi connectivity index (χ2v) is 7.21. The molecule has 128 valence electrons. The number of carbonyl (C=O) groups excluding carboxylic acids is 1. The Morgan fingerprint density at radius 2 is 1.83 bits per heavy atom. The van der Waals surface area contributed by atoms with E-state index in [0.717, 1.165) is 16.3 Å². The monoisotopic (exact) mass is 348 g/mol. The van der Waals surface area contributed by atoms with Gasteiger partial charge in [-0.2, -0.15) is 0 Å². The minimum atomic E-state index is -3.38. The van der Waals surface area contributed by atoms with E-state index in [-0.39, 0.29) is 5.91 Å². The molecule has 0 saturated carbocycles. The maximum absolute atomic E-state index is 12.3. The van der Waals surface area contributed by atoms with E-state index in [4.69, 9.17) is 4.74 Å². The Labute approximate surface area is 142 Å². The van der Waals surface area contributed by atoms with Gasteiger partial charge >= 0.3 is 0 Å². The number of sulfonamides is 1. The van der Waals surface area contributed by atoms with Gasteiger partial charge in [0.1, 0.15) is 5.75 Å². The first kappa shape index (κ1) is 17.8. The second-order valence-electron chi connectivity index (χ2n) is 5.19. The molecule has 0 aromatic heterocycles. The first-order chi connectivity index (χ1) is 11.3. The zero-order chi connectivity index (χ0) is 17.7. The average Bonchev–Trinajstić information content (AvgIpc) is 2.55. The molecular formula is C17H20N2O4S. The second kappa shape index (κ2) is 7.35. The van der Waals surface area contributed by atoms with Gasteiger partial charge in [0.15, 0.2) is 0 Å². The third-order valence-electron chi connectivity index (χ3n) is 3.39. The van der Waals surface area contributed by atoms with Gasteiger partial charge in [0.05, 0.1) is 18.6 Å². The molecule has 24 heavy (non-hydrogen) atoms. The van der Waals surface area contributed by atoms with Crippen molar-refractivity contribution in [2.75, 3.05) is 29.5 Å². The van der Waals surface area contributed by atoms with Crippen molar-refractivity contribution in [3.8, 4) is 5.75 Å². The number of ether oxygens (including phenoxy) is 1. The van der Waals surface area contributed by atoms with Crippen molar-refractivity contribution in [1.29, 1.82) is 0 Å².